The Balaban J connectivity index is 0. The molecule has 0 aliphatic carbocycles. The summed E-state index contributed by atoms with van der Waals surface area (Å²) in [7, 11) is 3.57. The largest absolute Gasteiger partial charge is 1.00 e. The van der Waals surface area contributed by atoms with Gasteiger partial charge in [-0.25, -0.2) is 17.7 Å². The number of hydrogen-bond donors (Lipinski definition) is 0. The van der Waals surface area contributed by atoms with E-state index in [0.29, 0.717) is 0 Å². The predicted molar refractivity (Wildman–Crippen MR) is 32.4 cm³/mol. The van der Waals surface area contributed by atoms with Crippen molar-refractivity contribution in [2.75, 3.05) is 14.1 Å². The molecule has 3 nitrogen and oxygen atoms in total. The van der Waals surface area contributed by atoms with E-state index >= 15 is 0 Å². The molecule has 10 heavy (non-hydrogen) atoms. The zero-order valence-electron chi connectivity index (χ0n) is 6.79. The van der Waals surface area contributed by atoms with Gasteiger partial charge in [-0.3, -0.25) is 5.01 Å². The summed E-state index contributed by atoms with van der Waals surface area (Å²) in [5.41, 5.74) is 0. The predicted octanol–water partition coefficient (Wildman–Crippen LogP) is -5.88. The Hall–Kier alpha value is 3.26. The topological polar surface area (TPSA) is 23.6 Å². The fourth-order valence-corrected chi connectivity index (χ4v) is 1.02. The minimum absolute atomic E-state index is 0. The van der Waals surface area contributed by atoms with E-state index in [1.807, 2.05) is 7.05 Å². The van der Waals surface area contributed by atoms with Crippen LogP contribution in [0.4, 0.5) is 0 Å². The van der Waals surface area contributed by atoms with E-state index in [2.05, 4.69) is 0 Å². The average molecular weight is 302 g/mol. The average Bonchev–Trinajstić information content (AvgIpc) is 1.98. The molecule has 0 aromatic carbocycles. The van der Waals surface area contributed by atoms with Crippen molar-refractivity contribution in [3.8, 4) is 0 Å². The maximum atomic E-state index is 10.6. The zero-order chi connectivity index (χ0) is 6.15. The van der Waals surface area contributed by atoms with Gasteiger partial charge >= 0.3 is 116 Å². The van der Waals surface area contributed by atoms with Crippen LogP contribution in [0.2, 0.25) is 0 Å². The third-order valence-electron chi connectivity index (χ3n) is 1.05. The molecule has 0 aromatic rings. The van der Waals surface area contributed by atoms with Crippen LogP contribution in [0.25, 0.3) is 0 Å². The molecular weight excluding hydrogens is 295 g/mol. The first-order chi connectivity index (χ1) is 3.72. The third-order valence-corrected chi connectivity index (χ3v) is 1.90. The van der Waals surface area contributed by atoms with Gasteiger partial charge in [0.1, 0.15) is 5.91 Å². The summed E-state index contributed by atoms with van der Waals surface area (Å²) in [6, 6.07) is 0. The summed E-state index contributed by atoms with van der Waals surface area (Å²) in [6.45, 7) is 0. The van der Waals surface area contributed by atoms with Crippen LogP contribution in [0.1, 0.15) is 0 Å². The van der Waals surface area contributed by atoms with Gasteiger partial charge < -0.3 is 4.79 Å². The standard InChI is InChI=1S/C4H7N2OS.2Rb/c1-5-4(7)3-8-6(5)2;;/h3H,1-2H3;;/q-1;2*+1. The number of hydrazine groups is 1. The second kappa shape index (κ2) is 7.64. The van der Waals surface area contributed by atoms with Crippen molar-refractivity contribution in [3.05, 3.63) is 5.75 Å². The Morgan fingerprint density at radius 1 is 1.40 bits per heavy atom. The van der Waals surface area contributed by atoms with Crippen molar-refractivity contribution in [1.82, 2.24) is 9.42 Å². The molecule has 1 aliphatic rings. The molecule has 1 amide bonds. The van der Waals surface area contributed by atoms with Crippen LogP contribution in [-0.4, -0.2) is 29.4 Å². The second-order valence-electron chi connectivity index (χ2n) is 1.55. The molecule has 0 bridgehead atoms. The van der Waals surface area contributed by atoms with Crippen LogP contribution >= 0.6 is 11.9 Å². The van der Waals surface area contributed by atoms with Crippen molar-refractivity contribution in [2.45, 2.75) is 0 Å². The molecule has 1 saturated heterocycles. The van der Waals surface area contributed by atoms with Gasteiger partial charge in [-0.15, -0.1) is 0 Å². The van der Waals surface area contributed by atoms with Gasteiger partial charge in [0, 0.05) is 14.1 Å². The molecule has 1 rings (SSSR count). The molecular formula is C4H7N2ORb2S+. The van der Waals surface area contributed by atoms with E-state index in [1.165, 1.54) is 11.9 Å². The van der Waals surface area contributed by atoms with E-state index in [1.54, 1.807) is 22.2 Å². The molecule has 1 aliphatic heterocycles. The monoisotopic (exact) mass is 301 g/mol. The van der Waals surface area contributed by atoms with Crippen molar-refractivity contribution >= 4 is 17.9 Å². The summed E-state index contributed by atoms with van der Waals surface area (Å²) in [5.74, 6) is 1.62. The van der Waals surface area contributed by atoms with E-state index in [0.717, 1.165) is 0 Å². The van der Waals surface area contributed by atoms with E-state index in [-0.39, 0.29) is 122 Å². The Kier molecular flexibility index (Phi) is 12.0. The van der Waals surface area contributed by atoms with Gasteiger partial charge in [-0.05, 0) is 0 Å². The minimum atomic E-state index is 0. The molecule has 0 N–H and O–H groups in total. The molecule has 0 saturated carbocycles. The number of rotatable bonds is 0. The van der Waals surface area contributed by atoms with Crippen molar-refractivity contribution in [3.63, 3.8) is 0 Å². The Morgan fingerprint density at radius 3 is 2.00 bits per heavy atom. The number of nitrogens with zero attached hydrogens (tertiary/aromatic N) is 2. The van der Waals surface area contributed by atoms with Crippen LogP contribution in [0.5, 0.6) is 0 Å². The maximum Gasteiger partial charge on any atom is 1.00 e. The van der Waals surface area contributed by atoms with Gasteiger partial charge in [0.05, 0.1) is 0 Å². The van der Waals surface area contributed by atoms with E-state index < -0.39 is 0 Å². The molecule has 0 aromatic heterocycles. The summed E-state index contributed by atoms with van der Waals surface area (Å²) < 4.78 is 1.77. The summed E-state index contributed by atoms with van der Waals surface area (Å²) in [4.78, 5) is 10.6. The van der Waals surface area contributed by atoms with Crippen LogP contribution in [-0.2, 0) is 4.79 Å². The fraction of sp³-hybridized carbons (Fsp3) is 0.500. The number of amides is 1. The van der Waals surface area contributed by atoms with Crippen molar-refractivity contribution < 1.29 is 121 Å². The van der Waals surface area contributed by atoms with Crippen LogP contribution in [0, 0.1) is 5.75 Å². The van der Waals surface area contributed by atoms with E-state index in [4.69, 9.17) is 0 Å². The van der Waals surface area contributed by atoms with E-state index in [9.17, 15) is 4.79 Å². The molecule has 1 heterocycles. The molecule has 0 radical (unpaired) electrons. The Morgan fingerprint density at radius 2 is 1.90 bits per heavy atom. The SMILES string of the molecule is CN1S[CH-]C(=O)N1C.[Rb+].[Rb+]. The summed E-state index contributed by atoms with van der Waals surface area (Å²) >= 11 is 1.40. The first-order valence-electron chi connectivity index (χ1n) is 2.23. The van der Waals surface area contributed by atoms with Gasteiger partial charge in [-0.2, -0.15) is 4.41 Å². The number of carbonyl (C=O) groups excluding carboxylic acids is 1. The molecule has 6 heteroatoms. The first-order valence-corrected chi connectivity index (χ1v) is 3.07. The smallest absolute Gasteiger partial charge is 0.309 e. The minimum Gasteiger partial charge on any atom is -0.309 e. The number of carbonyl (C=O) groups is 1. The molecule has 1 fully saturated rings. The molecule has 0 atom stereocenters. The third kappa shape index (κ3) is 4.48. The normalized spacial score (nSPS) is 17.4. The van der Waals surface area contributed by atoms with Crippen LogP contribution < -0.4 is 116 Å². The summed E-state index contributed by atoms with van der Waals surface area (Å²) in [6.07, 6.45) is 0. The van der Waals surface area contributed by atoms with Crippen LogP contribution in [0.3, 0.4) is 0 Å². The van der Waals surface area contributed by atoms with Gasteiger partial charge in [0.15, 0.2) is 0 Å². The fourth-order valence-electron chi connectivity index (χ4n) is 0.407. The van der Waals surface area contributed by atoms with Crippen molar-refractivity contribution in [1.29, 1.82) is 0 Å². The molecule has 46 valence electrons. The number of hydrogen-bond acceptors (Lipinski definition) is 3. The summed E-state index contributed by atoms with van der Waals surface area (Å²) in [5, 5.41) is 1.55. The quantitative estimate of drug-likeness (QED) is 0.329. The molecule has 0 unspecified atom stereocenters. The maximum absolute atomic E-state index is 10.6. The first kappa shape index (κ1) is 15.7. The van der Waals surface area contributed by atoms with Gasteiger partial charge in [0.2, 0.25) is 0 Å². The van der Waals surface area contributed by atoms with Gasteiger partial charge in [-0.1, -0.05) is 0 Å². The Bertz CT molecular complexity index is 124. The van der Waals surface area contributed by atoms with Crippen molar-refractivity contribution in [2.24, 2.45) is 0 Å². The van der Waals surface area contributed by atoms with Gasteiger partial charge in [0.25, 0.3) is 0 Å². The zero-order valence-corrected chi connectivity index (χ0v) is 17.4. The van der Waals surface area contributed by atoms with Crippen LogP contribution in [0.15, 0.2) is 0 Å². The molecule has 0 spiro atoms. The second-order valence-corrected chi connectivity index (χ2v) is 2.52. The Labute approximate surface area is 163 Å².